The zero-order valence-electron chi connectivity index (χ0n) is 9.22. The lowest BCUT2D eigenvalue weighted by Crippen LogP contribution is -2.30. The van der Waals surface area contributed by atoms with Crippen molar-refractivity contribution >= 4 is 16.6 Å². The Labute approximate surface area is 98.6 Å². The van der Waals surface area contributed by atoms with Crippen LogP contribution in [-0.2, 0) is 0 Å². The lowest BCUT2D eigenvalue weighted by atomic mass is 9.91. The van der Waals surface area contributed by atoms with Crippen LogP contribution in [0.5, 0.6) is 5.75 Å². The van der Waals surface area contributed by atoms with Crippen LogP contribution >= 0.6 is 0 Å². The van der Waals surface area contributed by atoms with Crippen molar-refractivity contribution in [2.75, 3.05) is 13.2 Å². The molecule has 3 nitrogen and oxygen atoms in total. The molecule has 1 heterocycles. The summed E-state index contributed by atoms with van der Waals surface area (Å²) in [6.45, 7) is 0.0994. The number of carbonyl (C=O) groups excluding carboxylic acids is 1. The number of benzene rings is 2. The number of hydrogen-bond acceptors (Lipinski definition) is 3. The number of ketones is 1. The molecule has 0 fully saturated rings. The summed E-state index contributed by atoms with van der Waals surface area (Å²) in [6.07, 6.45) is 0. The lowest BCUT2D eigenvalue weighted by Gasteiger charge is -2.23. The summed E-state index contributed by atoms with van der Waals surface area (Å²) in [6, 6.07) is 11.5. The predicted octanol–water partition coefficient (Wildman–Crippen LogP) is 2.02. The molecule has 2 aromatic rings. The Morgan fingerprint density at radius 2 is 2.06 bits per heavy atom. The SMILES string of the molecule is O=C1c2c(ccc3ccccc23)OCC1CO. The van der Waals surface area contributed by atoms with Crippen LogP contribution < -0.4 is 4.74 Å². The molecule has 0 aliphatic carbocycles. The third kappa shape index (κ3) is 1.51. The van der Waals surface area contributed by atoms with Crippen molar-refractivity contribution in [3.63, 3.8) is 0 Å². The first kappa shape index (κ1) is 10.3. The Morgan fingerprint density at radius 1 is 1.24 bits per heavy atom. The van der Waals surface area contributed by atoms with Crippen molar-refractivity contribution in [3.8, 4) is 5.75 Å². The van der Waals surface area contributed by atoms with Crippen molar-refractivity contribution < 1.29 is 14.6 Å². The van der Waals surface area contributed by atoms with Gasteiger partial charge in [-0.1, -0.05) is 30.3 Å². The fraction of sp³-hybridized carbons (Fsp3) is 0.214. The van der Waals surface area contributed by atoms with Crippen molar-refractivity contribution in [1.29, 1.82) is 0 Å². The minimum Gasteiger partial charge on any atom is -0.492 e. The molecule has 2 aromatic carbocycles. The zero-order valence-corrected chi connectivity index (χ0v) is 9.22. The van der Waals surface area contributed by atoms with E-state index in [0.717, 1.165) is 10.8 Å². The quantitative estimate of drug-likeness (QED) is 0.812. The highest BCUT2D eigenvalue weighted by molar-refractivity contribution is 6.12. The Morgan fingerprint density at radius 3 is 2.88 bits per heavy atom. The highest BCUT2D eigenvalue weighted by atomic mass is 16.5. The molecule has 0 saturated heterocycles. The first-order valence-electron chi connectivity index (χ1n) is 5.61. The minimum absolute atomic E-state index is 0.0226. The molecule has 86 valence electrons. The van der Waals surface area contributed by atoms with E-state index in [-0.39, 0.29) is 19.0 Å². The average Bonchev–Trinajstić information content (AvgIpc) is 2.38. The summed E-state index contributed by atoms with van der Waals surface area (Å²) in [5.74, 6) is 0.164. The number of hydrogen-bond donors (Lipinski definition) is 1. The minimum atomic E-state index is -0.437. The summed E-state index contributed by atoms with van der Waals surface area (Å²) < 4.78 is 5.52. The summed E-state index contributed by atoms with van der Waals surface area (Å²) in [5.41, 5.74) is 0.605. The van der Waals surface area contributed by atoms with Crippen LogP contribution in [-0.4, -0.2) is 24.1 Å². The predicted molar refractivity (Wildman–Crippen MR) is 64.3 cm³/mol. The molecule has 0 spiro atoms. The number of aliphatic hydroxyl groups excluding tert-OH is 1. The smallest absolute Gasteiger partial charge is 0.176 e. The van der Waals surface area contributed by atoms with Gasteiger partial charge in [0.1, 0.15) is 12.4 Å². The molecular formula is C14H12O3. The van der Waals surface area contributed by atoms with Crippen LogP contribution in [0.3, 0.4) is 0 Å². The van der Waals surface area contributed by atoms with E-state index >= 15 is 0 Å². The summed E-state index contributed by atoms with van der Waals surface area (Å²) >= 11 is 0. The van der Waals surface area contributed by atoms with Gasteiger partial charge in [0.2, 0.25) is 0 Å². The van der Waals surface area contributed by atoms with Crippen LogP contribution in [0.15, 0.2) is 36.4 Å². The van der Waals surface area contributed by atoms with Gasteiger partial charge in [0, 0.05) is 0 Å². The molecule has 17 heavy (non-hydrogen) atoms. The third-order valence-corrected chi connectivity index (χ3v) is 3.17. The Bertz CT molecular complexity index is 589. The van der Waals surface area contributed by atoms with Gasteiger partial charge in [0.05, 0.1) is 18.1 Å². The fourth-order valence-corrected chi connectivity index (χ4v) is 2.23. The van der Waals surface area contributed by atoms with Gasteiger partial charge in [-0.3, -0.25) is 4.79 Å². The molecule has 0 aromatic heterocycles. The lowest BCUT2D eigenvalue weighted by molar-refractivity contribution is 0.0741. The van der Waals surface area contributed by atoms with Gasteiger partial charge in [-0.2, -0.15) is 0 Å². The molecule has 1 aliphatic heterocycles. The molecule has 0 radical (unpaired) electrons. The number of carbonyl (C=O) groups is 1. The van der Waals surface area contributed by atoms with Gasteiger partial charge in [0.15, 0.2) is 5.78 Å². The van der Waals surface area contributed by atoms with E-state index < -0.39 is 5.92 Å². The second-order valence-corrected chi connectivity index (χ2v) is 4.21. The number of rotatable bonds is 1. The van der Waals surface area contributed by atoms with E-state index in [1.54, 1.807) is 0 Å². The van der Waals surface area contributed by atoms with E-state index in [0.29, 0.717) is 11.3 Å². The normalized spacial score (nSPS) is 18.9. The summed E-state index contributed by atoms with van der Waals surface area (Å²) in [4.78, 5) is 12.2. The highest BCUT2D eigenvalue weighted by Gasteiger charge is 2.29. The highest BCUT2D eigenvalue weighted by Crippen LogP contribution is 2.33. The molecule has 3 heteroatoms. The largest absolute Gasteiger partial charge is 0.492 e. The van der Waals surface area contributed by atoms with E-state index in [2.05, 4.69) is 0 Å². The molecule has 1 N–H and O–H groups in total. The molecule has 0 saturated carbocycles. The van der Waals surface area contributed by atoms with Crippen molar-refractivity contribution in [2.45, 2.75) is 0 Å². The molecule has 0 amide bonds. The molecule has 1 aliphatic rings. The van der Waals surface area contributed by atoms with Gasteiger partial charge in [-0.05, 0) is 16.8 Å². The van der Waals surface area contributed by atoms with Crippen molar-refractivity contribution in [1.82, 2.24) is 0 Å². The topological polar surface area (TPSA) is 46.5 Å². The molecular weight excluding hydrogens is 216 g/mol. The molecule has 1 unspecified atom stereocenters. The zero-order chi connectivity index (χ0) is 11.8. The van der Waals surface area contributed by atoms with Crippen LogP contribution in [0.25, 0.3) is 10.8 Å². The van der Waals surface area contributed by atoms with Gasteiger partial charge in [-0.25, -0.2) is 0 Å². The molecule has 3 rings (SSSR count). The van der Waals surface area contributed by atoms with Crippen molar-refractivity contribution in [3.05, 3.63) is 42.0 Å². The maximum Gasteiger partial charge on any atom is 0.176 e. The van der Waals surface area contributed by atoms with Gasteiger partial charge >= 0.3 is 0 Å². The van der Waals surface area contributed by atoms with E-state index in [1.807, 2.05) is 36.4 Å². The average molecular weight is 228 g/mol. The molecule has 0 bridgehead atoms. The van der Waals surface area contributed by atoms with Gasteiger partial charge < -0.3 is 9.84 Å². The van der Waals surface area contributed by atoms with Crippen LogP contribution in [0.1, 0.15) is 10.4 Å². The van der Waals surface area contributed by atoms with E-state index in [9.17, 15) is 4.79 Å². The van der Waals surface area contributed by atoms with Gasteiger partial charge in [-0.15, -0.1) is 0 Å². The molecule has 1 atom stereocenters. The third-order valence-electron chi connectivity index (χ3n) is 3.17. The Kier molecular flexibility index (Phi) is 2.34. The number of aliphatic hydroxyl groups is 1. The maximum atomic E-state index is 12.2. The monoisotopic (exact) mass is 228 g/mol. The van der Waals surface area contributed by atoms with Crippen molar-refractivity contribution in [2.24, 2.45) is 5.92 Å². The fourth-order valence-electron chi connectivity index (χ4n) is 2.23. The van der Waals surface area contributed by atoms with Gasteiger partial charge in [0.25, 0.3) is 0 Å². The van der Waals surface area contributed by atoms with E-state index in [4.69, 9.17) is 9.84 Å². The Hall–Kier alpha value is -1.87. The number of ether oxygens (including phenoxy) is 1. The number of Topliss-reactive ketones (excluding diaryl/α,β-unsaturated/α-hetero) is 1. The number of fused-ring (bicyclic) bond motifs is 3. The standard InChI is InChI=1S/C14H12O3/c15-7-10-8-17-12-6-5-9-3-1-2-4-11(9)13(12)14(10)16/h1-6,10,15H,7-8H2. The van der Waals surface area contributed by atoms with E-state index in [1.165, 1.54) is 0 Å². The van der Waals surface area contributed by atoms with Crippen LogP contribution in [0.4, 0.5) is 0 Å². The second-order valence-electron chi connectivity index (χ2n) is 4.21. The first-order chi connectivity index (χ1) is 8.31. The second kappa shape index (κ2) is 3.86. The maximum absolute atomic E-state index is 12.2. The van der Waals surface area contributed by atoms with Crippen LogP contribution in [0, 0.1) is 5.92 Å². The summed E-state index contributed by atoms with van der Waals surface area (Å²) in [5, 5.41) is 11.1. The summed E-state index contributed by atoms with van der Waals surface area (Å²) in [7, 11) is 0. The first-order valence-corrected chi connectivity index (χ1v) is 5.61. The Balaban J connectivity index is 2.27. The van der Waals surface area contributed by atoms with Crippen LogP contribution in [0.2, 0.25) is 0 Å².